The number of amides is 1. The largest absolute Gasteiger partial charge is 0.492 e. The lowest BCUT2D eigenvalue weighted by Gasteiger charge is -2.20. The molecule has 0 saturated carbocycles. The molecule has 33 heavy (non-hydrogen) atoms. The van der Waals surface area contributed by atoms with Crippen LogP contribution < -0.4 is 9.64 Å². The number of thiazole rings is 1. The van der Waals surface area contributed by atoms with Gasteiger partial charge in [0, 0.05) is 16.3 Å². The van der Waals surface area contributed by atoms with Crippen molar-refractivity contribution in [3.8, 4) is 5.75 Å². The number of benzene rings is 3. The van der Waals surface area contributed by atoms with Gasteiger partial charge in [0.05, 0.1) is 17.9 Å². The molecule has 0 aliphatic rings. The Labute approximate surface area is 207 Å². The van der Waals surface area contributed by atoms with Gasteiger partial charge in [-0.3, -0.25) is 9.69 Å². The van der Waals surface area contributed by atoms with Crippen molar-refractivity contribution >= 4 is 56.0 Å². The van der Waals surface area contributed by atoms with Gasteiger partial charge < -0.3 is 4.74 Å². The fraction of sp³-hybridized carbons (Fsp3) is 0.231. The van der Waals surface area contributed by atoms with Gasteiger partial charge in [0.15, 0.2) is 5.13 Å². The van der Waals surface area contributed by atoms with Gasteiger partial charge in [-0.25, -0.2) is 4.98 Å². The van der Waals surface area contributed by atoms with Gasteiger partial charge in [0.2, 0.25) is 5.91 Å². The lowest BCUT2D eigenvalue weighted by atomic mass is 10.2. The number of fused-ring (bicyclic) bond motifs is 1. The Kier molecular flexibility index (Phi) is 8.26. The molecule has 1 heterocycles. The average molecular weight is 497 g/mol. The van der Waals surface area contributed by atoms with Gasteiger partial charge in [-0.2, -0.15) is 0 Å². The molecule has 1 aromatic heterocycles. The number of hydrogen-bond donors (Lipinski definition) is 0. The van der Waals surface area contributed by atoms with Gasteiger partial charge in [0.25, 0.3) is 0 Å². The molecule has 170 valence electrons. The van der Waals surface area contributed by atoms with Crippen LogP contribution in [0.25, 0.3) is 10.2 Å². The Balaban J connectivity index is 1.49. The Morgan fingerprint density at radius 3 is 2.61 bits per heavy atom. The first-order valence-electron chi connectivity index (χ1n) is 10.9. The van der Waals surface area contributed by atoms with E-state index in [9.17, 15) is 4.79 Å². The highest BCUT2D eigenvalue weighted by Gasteiger charge is 2.21. The number of nitrogens with zero attached hydrogens (tertiary/aromatic N) is 2. The van der Waals surface area contributed by atoms with Gasteiger partial charge in [-0.15, -0.1) is 11.8 Å². The topological polar surface area (TPSA) is 42.4 Å². The highest BCUT2D eigenvalue weighted by Crippen LogP contribution is 2.35. The van der Waals surface area contributed by atoms with Crippen LogP contribution in [0, 0.1) is 0 Å². The number of para-hydroxylation sites is 1. The summed E-state index contributed by atoms with van der Waals surface area (Å²) in [6, 6.07) is 23.7. The molecule has 0 N–H and O–H groups in total. The quantitative estimate of drug-likeness (QED) is 0.169. The second-order valence-corrected chi connectivity index (χ2v) is 10.0. The van der Waals surface area contributed by atoms with Crippen LogP contribution in [0.4, 0.5) is 5.13 Å². The summed E-state index contributed by atoms with van der Waals surface area (Å²) in [6.07, 6.45) is 1.24. The molecule has 0 saturated heterocycles. The fourth-order valence-corrected chi connectivity index (χ4v) is 5.39. The lowest BCUT2D eigenvalue weighted by Crippen LogP contribution is -2.30. The highest BCUT2D eigenvalue weighted by atomic mass is 35.5. The fourth-order valence-electron chi connectivity index (χ4n) is 3.41. The number of carbonyl (C=O) groups is 1. The van der Waals surface area contributed by atoms with Crippen LogP contribution in [0.5, 0.6) is 5.75 Å². The molecular weight excluding hydrogens is 472 g/mol. The SMILES string of the molecule is CCOc1cccc2sc(N(Cc3ccccc3)C(=O)CCCSc3ccc(Cl)cc3)nc12. The minimum Gasteiger partial charge on any atom is -0.492 e. The van der Waals surface area contributed by atoms with Crippen molar-refractivity contribution < 1.29 is 9.53 Å². The van der Waals surface area contributed by atoms with E-state index < -0.39 is 0 Å². The van der Waals surface area contributed by atoms with E-state index >= 15 is 0 Å². The van der Waals surface area contributed by atoms with E-state index in [1.54, 1.807) is 11.8 Å². The molecule has 7 heteroatoms. The molecule has 0 radical (unpaired) electrons. The predicted octanol–water partition coefficient (Wildman–Crippen LogP) is 7.45. The highest BCUT2D eigenvalue weighted by molar-refractivity contribution is 7.99. The second-order valence-electron chi connectivity index (χ2n) is 7.40. The molecule has 0 fully saturated rings. The predicted molar refractivity (Wildman–Crippen MR) is 140 cm³/mol. The zero-order chi connectivity index (χ0) is 23.0. The summed E-state index contributed by atoms with van der Waals surface area (Å²) in [4.78, 5) is 21.1. The second kappa shape index (κ2) is 11.5. The summed E-state index contributed by atoms with van der Waals surface area (Å²) < 4.78 is 6.76. The van der Waals surface area contributed by atoms with Crippen molar-refractivity contribution in [3.05, 3.63) is 83.4 Å². The maximum Gasteiger partial charge on any atom is 0.229 e. The number of aromatic nitrogens is 1. The molecule has 0 spiro atoms. The maximum atomic E-state index is 13.3. The van der Waals surface area contributed by atoms with Crippen LogP contribution in [0.1, 0.15) is 25.3 Å². The Bertz CT molecular complexity index is 1200. The van der Waals surface area contributed by atoms with Crippen molar-refractivity contribution in [2.75, 3.05) is 17.3 Å². The minimum absolute atomic E-state index is 0.0765. The van der Waals surface area contributed by atoms with E-state index in [0.29, 0.717) is 24.7 Å². The Morgan fingerprint density at radius 2 is 1.85 bits per heavy atom. The number of ether oxygens (including phenoxy) is 1. The van der Waals surface area contributed by atoms with Gasteiger partial charge in [0.1, 0.15) is 11.3 Å². The molecule has 1 amide bonds. The molecule has 0 aliphatic carbocycles. The van der Waals surface area contributed by atoms with Crippen molar-refractivity contribution in [1.82, 2.24) is 4.98 Å². The molecule has 4 nitrogen and oxygen atoms in total. The number of hydrogen-bond acceptors (Lipinski definition) is 5. The number of halogens is 1. The zero-order valence-electron chi connectivity index (χ0n) is 18.4. The van der Waals surface area contributed by atoms with Crippen molar-refractivity contribution in [3.63, 3.8) is 0 Å². The molecular formula is C26H25ClN2O2S2. The molecule has 4 rings (SSSR count). The van der Waals surface area contributed by atoms with Crippen LogP contribution in [0.3, 0.4) is 0 Å². The van der Waals surface area contributed by atoms with Gasteiger partial charge >= 0.3 is 0 Å². The maximum absolute atomic E-state index is 13.3. The summed E-state index contributed by atoms with van der Waals surface area (Å²) in [7, 11) is 0. The zero-order valence-corrected chi connectivity index (χ0v) is 20.8. The number of carbonyl (C=O) groups excluding carboxylic acids is 1. The Hall–Kier alpha value is -2.54. The summed E-state index contributed by atoms with van der Waals surface area (Å²) in [5.41, 5.74) is 1.88. The number of rotatable bonds is 10. The smallest absolute Gasteiger partial charge is 0.229 e. The molecule has 0 aliphatic heterocycles. The molecule has 0 atom stereocenters. The Morgan fingerprint density at radius 1 is 1.06 bits per heavy atom. The van der Waals surface area contributed by atoms with Gasteiger partial charge in [-0.05, 0) is 61.1 Å². The number of thioether (sulfide) groups is 1. The van der Waals surface area contributed by atoms with Crippen molar-refractivity contribution in [2.24, 2.45) is 0 Å². The third-order valence-corrected chi connectivity index (χ3v) is 7.40. The lowest BCUT2D eigenvalue weighted by molar-refractivity contribution is -0.118. The van der Waals surface area contributed by atoms with E-state index in [0.717, 1.165) is 43.6 Å². The third-order valence-electron chi connectivity index (χ3n) is 5.00. The number of anilines is 1. The van der Waals surface area contributed by atoms with E-state index in [-0.39, 0.29) is 5.91 Å². The first kappa shape index (κ1) is 23.6. The third kappa shape index (κ3) is 6.28. The molecule has 3 aromatic carbocycles. The van der Waals surface area contributed by atoms with Crippen molar-refractivity contribution in [1.29, 1.82) is 0 Å². The molecule has 4 aromatic rings. The summed E-state index contributed by atoms with van der Waals surface area (Å²) in [6.45, 7) is 3.02. The first-order chi connectivity index (χ1) is 16.1. The summed E-state index contributed by atoms with van der Waals surface area (Å²) in [5, 5.41) is 1.44. The molecule has 0 unspecified atom stereocenters. The van der Waals surface area contributed by atoms with Crippen molar-refractivity contribution in [2.45, 2.75) is 31.2 Å². The summed E-state index contributed by atoms with van der Waals surface area (Å²) in [5.74, 6) is 1.69. The minimum atomic E-state index is 0.0765. The first-order valence-corrected chi connectivity index (χ1v) is 13.1. The van der Waals surface area contributed by atoms with Crippen LogP contribution in [0.2, 0.25) is 5.02 Å². The monoisotopic (exact) mass is 496 g/mol. The molecule has 0 bridgehead atoms. The average Bonchev–Trinajstić information content (AvgIpc) is 3.27. The van der Waals surface area contributed by atoms with E-state index in [1.807, 2.05) is 84.6 Å². The van der Waals surface area contributed by atoms with Crippen LogP contribution in [-0.4, -0.2) is 23.3 Å². The van der Waals surface area contributed by atoms with E-state index in [2.05, 4.69) is 0 Å². The van der Waals surface area contributed by atoms with E-state index in [1.165, 1.54) is 11.3 Å². The normalized spacial score (nSPS) is 11.0. The van der Waals surface area contributed by atoms with Gasteiger partial charge in [-0.1, -0.05) is 59.3 Å². The van der Waals surface area contributed by atoms with Crippen LogP contribution >= 0.6 is 34.7 Å². The summed E-state index contributed by atoms with van der Waals surface area (Å²) >= 11 is 9.22. The van der Waals surface area contributed by atoms with Crippen LogP contribution in [-0.2, 0) is 11.3 Å². The van der Waals surface area contributed by atoms with Crippen LogP contribution in [0.15, 0.2) is 77.7 Å². The standard InChI is InChI=1S/C26H25ClN2O2S2/c1-2-31-22-10-6-11-23-25(22)28-26(33-23)29(18-19-8-4-3-5-9-19)24(30)12-7-17-32-21-15-13-20(27)14-16-21/h3-6,8-11,13-16H,2,7,12,17-18H2,1H3. The van der Waals surface area contributed by atoms with E-state index in [4.69, 9.17) is 21.3 Å².